The van der Waals surface area contributed by atoms with E-state index in [-0.39, 0.29) is 16.9 Å². The van der Waals surface area contributed by atoms with Gasteiger partial charge in [-0.15, -0.1) is 0 Å². The number of hydrogen-bond donors (Lipinski definition) is 1. The van der Waals surface area contributed by atoms with E-state index in [0.717, 1.165) is 25.9 Å². The van der Waals surface area contributed by atoms with Crippen LogP contribution in [0.3, 0.4) is 0 Å². The van der Waals surface area contributed by atoms with E-state index < -0.39 is 20.0 Å². The van der Waals surface area contributed by atoms with Crippen molar-refractivity contribution < 1.29 is 18.8 Å². The Hall–Kier alpha value is -1.14. The molecule has 1 N–H and O–H groups in total. The standard InChI is InChI=1S/C30H53NO4Si/c1-29(2,3)35-28(33)31-20-24-23(25-21-16-17-22(19-21)26(25)27(24)32)15-13-11-9-10-12-14-18-34-36(7,8)30(4,5)6/h16-17,21-26H,9-15,18-20H2,1-8H3,(H,31,33)/t21-,22+,23+,24+,25-,26-/m0/s1. The molecule has 0 radical (unpaired) electrons. The Kier molecular flexibility index (Phi) is 9.57. The number of amides is 1. The topological polar surface area (TPSA) is 64.6 Å². The van der Waals surface area contributed by atoms with Crippen LogP contribution in [0.15, 0.2) is 12.2 Å². The third-order valence-corrected chi connectivity index (χ3v) is 13.8. The molecular formula is C30H53NO4Si. The van der Waals surface area contributed by atoms with Crippen molar-refractivity contribution in [2.45, 2.75) is 117 Å². The van der Waals surface area contributed by atoms with Gasteiger partial charge in [0.1, 0.15) is 11.4 Å². The molecule has 1 amide bonds. The molecule has 3 aliphatic rings. The summed E-state index contributed by atoms with van der Waals surface area (Å²) in [5.41, 5.74) is -0.528. The van der Waals surface area contributed by atoms with E-state index in [1.54, 1.807) is 0 Å². The van der Waals surface area contributed by atoms with Gasteiger partial charge in [0.25, 0.3) is 0 Å². The lowest BCUT2D eigenvalue weighted by atomic mass is 9.77. The van der Waals surface area contributed by atoms with Crippen LogP contribution in [0.4, 0.5) is 4.79 Å². The third-order valence-electron chi connectivity index (χ3n) is 9.29. The molecule has 3 aliphatic carbocycles. The van der Waals surface area contributed by atoms with Crippen LogP contribution in [-0.2, 0) is 14.0 Å². The highest BCUT2D eigenvalue weighted by atomic mass is 28.4. The minimum absolute atomic E-state index is 0.0646. The second-order valence-corrected chi connectivity index (χ2v) is 18.9. The maximum atomic E-state index is 13.4. The van der Waals surface area contributed by atoms with Crippen molar-refractivity contribution in [3.8, 4) is 0 Å². The van der Waals surface area contributed by atoms with Gasteiger partial charge in [0.2, 0.25) is 0 Å². The first-order chi connectivity index (χ1) is 16.7. The zero-order valence-electron chi connectivity index (χ0n) is 24.3. The Balaban J connectivity index is 1.41. The Bertz CT molecular complexity index is 794. The summed E-state index contributed by atoms with van der Waals surface area (Å²) in [4.78, 5) is 25.7. The number of allylic oxidation sites excluding steroid dienone is 2. The molecule has 0 aliphatic heterocycles. The van der Waals surface area contributed by atoms with Gasteiger partial charge < -0.3 is 14.5 Å². The van der Waals surface area contributed by atoms with Crippen molar-refractivity contribution in [1.29, 1.82) is 0 Å². The molecule has 0 heterocycles. The van der Waals surface area contributed by atoms with E-state index in [1.165, 1.54) is 32.1 Å². The highest BCUT2D eigenvalue weighted by Gasteiger charge is 2.59. The first-order valence-electron chi connectivity index (χ1n) is 14.5. The van der Waals surface area contributed by atoms with Crippen molar-refractivity contribution in [3.05, 3.63) is 12.2 Å². The molecule has 2 saturated carbocycles. The van der Waals surface area contributed by atoms with Crippen LogP contribution in [0.25, 0.3) is 0 Å². The van der Waals surface area contributed by atoms with Crippen molar-refractivity contribution in [3.63, 3.8) is 0 Å². The number of hydrogen-bond acceptors (Lipinski definition) is 4. The van der Waals surface area contributed by atoms with Gasteiger partial charge in [0.15, 0.2) is 8.32 Å². The molecule has 0 aromatic heterocycles. The number of carbonyl (C=O) groups is 2. The average Bonchev–Trinajstić information content (AvgIpc) is 3.42. The zero-order valence-corrected chi connectivity index (χ0v) is 25.3. The summed E-state index contributed by atoms with van der Waals surface area (Å²) in [6.45, 7) is 18.5. The minimum atomic E-state index is -1.62. The summed E-state index contributed by atoms with van der Waals surface area (Å²) >= 11 is 0. The second-order valence-electron chi connectivity index (χ2n) is 14.1. The van der Waals surface area contributed by atoms with E-state index >= 15 is 0 Å². The fourth-order valence-corrected chi connectivity index (χ4v) is 7.55. The SMILES string of the molecule is CC(C)(C)OC(=O)NC[C@H]1C(=O)[C@@H]2[C@H]([C@@H]1CCCCCCCCO[Si](C)(C)C(C)(C)C)[C@H]1C=C[C@@H]2C1. The smallest absolute Gasteiger partial charge is 0.407 e. The molecule has 0 spiro atoms. The Morgan fingerprint density at radius 2 is 1.58 bits per heavy atom. The summed E-state index contributed by atoms with van der Waals surface area (Å²) in [6, 6.07) is 0. The van der Waals surface area contributed by atoms with Gasteiger partial charge in [0.05, 0.1) is 0 Å². The normalized spacial score (nSPS) is 29.6. The van der Waals surface area contributed by atoms with Crippen LogP contribution in [-0.4, -0.2) is 38.9 Å². The molecule has 0 aromatic carbocycles. The number of fused-ring (bicyclic) bond motifs is 5. The van der Waals surface area contributed by atoms with E-state index in [1.807, 2.05) is 20.8 Å². The molecule has 3 rings (SSSR count). The summed E-state index contributed by atoms with van der Waals surface area (Å²) in [7, 11) is -1.62. The number of ketones is 1. The molecule has 206 valence electrons. The predicted molar refractivity (Wildman–Crippen MR) is 149 cm³/mol. The molecule has 36 heavy (non-hydrogen) atoms. The molecule has 0 saturated heterocycles. The Labute approximate surface area is 221 Å². The zero-order chi connectivity index (χ0) is 26.7. The first-order valence-corrected chi connectivity index (χ1v) is 17.4. The molecular weight excluding hydrogens is 466 g/mol. The second kappa shape index (κ2) is 11.7. The fourth-order valence-electron chi connectivity index (χ4n) is 6.46. The lowest BCUT2D eigenvalue weighted by molar-refractivity contribution is -0.125. The van der Waals surface area contributed by atoms with Crippen molar-refractivity contribution in [1.82, 2.24) is 5.32 Å². The van der Waals surface area contributed by atoms with E-state index in [4.69, 9.17) is 9.16 Å². The van der Waals surface area contributed by atoms with Gasteiger partial charge in [-0.25, -0.2) is 4.79 Å². The first kappa shape index (κ1) is 29.4. The number of rotatable bonds is 12. The lowest BCUT2D eigenvalue weighted by Crippen LogP contribution is -2.40. The maximum absolute atomic E-state index is 13.4. The Morgan fingerprint density at radius 1 is 0.972 bits per heavy atom. The number of nitrogens with one attached hydrogen (secondary N) is 1. The number of ether oxygens (including phenoxy) is 1. The quantitative estimate of drug-likeness (QED) is 0.164. The summed E-state index contributed by atoms with van der Waals surface area (Å²) in [5, 5.41) is 3.20. The van der Waals surface area contributed by atoms with Gasteiger partial charge in [-0.3, -0.25) is 4.79 Å². The van der Waals surface area contributed by atoms with Crippen LogP contribution in [0.2, 0.25) is 18.1 Å². The van der Waals surface area contributed by atoms with Crippen LogP contribution < -0.4 is 5.32 Å². The van der Waals surface area contributed by atoms with Crippen molar-refractivity contribution in [2.24, 2.45) is 35.5 Å². The number of carbonyl (C=O) groups excluding carboxylic acids is 2. The van der Waals surface area contributed by atoms with Gasteiger partial charge in [-0.2, -0.15) is 0 Å². The van der Waals surface area contributed by atoms with Gasteiger partial charge in [-0.05, 0) is 81.8 Å². The van der Waals surface area contributed by atoms with Crippen molar-refractivity contribution in [2.75, 3.05) is 13.2 Å². The molecule has 0 unspecified atom stereocenters. The van der Waals surface area contributed by atoms with Gasteiger partial charge >= 0.3 is 6.09 Å². The largest absolute Gasteiger partial charge is 0.444 e. The van der Waals surface area contributed by atoms with E-state index in [9.17, 15) is 9.59 Å². The number of Topliss-reactive ketones (excluding diaryl/α,β-unsaturated/α-hetero) is 1. The molecule has 0 aromatic rings. The molecule has 2 bridgehead atoms. The van der Waals surface area contributed by atoms with Crippen LogP contribution >= 0.6 is 0 Å². The highest BCUT2D eigenvalue weighted by Crippen LogP contribution is 2.59. The predicted octanol–water partition coefficient (Wildman–Crippen LogP) is 7.52. The summed E-state index contributed by atoms with van der Waals surface area (Å²) in [5.74, 6) is 2.35. The number of alkyl carbamates (subject to hydrolysis) is 1. The van der Waals surface area contributed by atoms with E-state index in [2.05, 4.69) is 51.3 Å². The van der Waals surface area contributed by atoms with Gasteiger partial charge in [0, 0.05) is 25.0 Å². The van der Waals surface area contributed by atoms with Crippen LogP contribution in [0, 0.1) is 35.5 Å². The number of unbranched alkanes of at least 4 members (excludes halogenated alkanes) is 5. The van der Waals surface area contributed by atoms with Crippen LogP contribution in [0.5, 0.6) is 0 Å². The molecule has 5 nitrogen and oxygen atoms in total. The summed E-state index contributed by atoms with van der Waals surface area (Å²) in [6.07, 6.45) is 13.8. The maximum Gasteiger partial charge on any atom is 0.407 e. The Morgan fingerprint density at radius 3 is 2.22 bits per heavy atom. The molecule has 6 heteroatoms. The monoisotopic (exact) mass is 519 g/mol. The summed E-state index contributed by atoms with van der Waals surface area (Å²) < 4.78 is 11.7. The lowest BCUT2D eigenvalue weighted by Gasteiger charge is -2.36. The molecule has 2 fully saturated rings. The fraction of sp³-hybridized carbons (Fsp3) is 0.867. The average molecular weight is 520 g/mol. The molecule has 6 atom stereocenters. The highest BCUT2D eigenvalue weighted by molar-refractivity contribution is 6.74. The van der Waals surface area contributed by atoms with Crippen molar-refractivity contribution >= 4 is 20.2 Å². The minimum Gasteiger partial charge on any atom is -0.444 e. The van der Waals surface area contributed by atoms with E-state index in [0.29, 0.717) is 36.0 Å². The third kappa shape index (κ3) is 7.24. The van der Waals surface area contributed by atoms with Gasteiger partial charge in [-0.1, -0.05) is 65.0 Å². The van der Waals surface area contributed by atoms with Crippen LogP contribution in [0.1, 0.15) is 92.9 Å².